The molecule has 0 radical (unpaired) electrons. The Balaban J connectivity index is 1.34. The van der Waals surface area contributed by atoms with Gasteiger partial charge < -0.3 is 55.1 Å². The zero-order valence-corrected chi connectivity index (χ0v) is 53.6. The van der Waals surface area contributed by atoms with Gasteiger partial charge in [0, 0.05) is 68.8 Å². The molecule has 1 aromatic rings. The van der Waals surface area contributed by atoms with E-state index in [2.05, 4.69) is 16.0 Å². The van der Waals surface area contributed by atoms with Crippen molar-refractivity contribution in [2.24, 2.45) is 17.8 Å². The lowest BCUT2D eigenvalue weighted by molar-refractivity contribution is -0.153. The van der Waals surface area contributed by atoms with Crippen LogP contribution in [0.2, 0.25) is 5.02 Å². The average Bonchev–Trinajstić information content (AvgIpc) is 2.12. The third-order valence-electron chi connectivity index (χ3n) is 19.0. The fourth-order valence-electron chi connectivity index (χ4n) is 13.2. The molecule has 22 nitrogen and oxygen atoms in total. The summed E-state index contributed by atoms with van der Waals surface area (Å²) >= 11 is 6.11. The van der Waals surface area contributed by atoms with Gasteiger partial charge in [-0.05, 0) is 93.2 Å². The van der Waals surface area contributed by atoms with Gasteiger partial charge in [-0.25, -0.2) is 0 Å². The van der Waals surface area contributed by atoms with Gasteiger partial charge in [0.25, 0.3) is 0 Å². The molecule has 0 aromatic heterocycles. The molecule has 3 saturated carbocycles. The van der Waals surface area contributed by atoms with E-state index in [1.54, 1.807) is 6.92 Å². The number of carbonyl (C=O) groups is 11. The highest BCUT2D eigenvalue weighted by Gasteiger charge is 2.50. The van der Waals surface area contributed by atoms with Crippen LogP contribution in [0.25, 0.3) is 0 Å². The highest BCUT2D eigenvalue weighted by molar-refractivity contribution is 6.31. The predicted octanol–water partition coefficient (Wildman–Crippen LogP) is 4.24. The number of halogens is 4. The van der Waals surface area contributed by atoms with Gasteiger partial charge in [0.15, 0.2) is 0 Å². The number of nitrogens with one attached hydrogen (secondary N) is 3. The van der Waals surface area contributed by atoms with E-state index in [-0.39, 0.29) is 75.8 Å². The molecule has 6 atom stereocenters. The van der Waals surface area contributed by atoms with Crippen molar-refractivity contribution in [1.29, 1.82) is 0 Å². The first-order valence-corrected chi connectivity index (χ1v) is 31.7. The molecule has 1 spiro atoms. The van der Waals surface area contributed by atoms with Crippen molar-refractivity contribution in [3.05, 3.63) is 34.3 Å². The number of aryl methyl sites for hydroxylation is 1. The number of amides is 11. The van der Waals surface area contributed by atoms with Crippen LogP contribution >= 0.6 is 11.6 Å². The first-order valence-electron chi connectivity index (χ1n) is 31.3. The highest BCUT2D eigenvalue weighted by Crippen LogP contribution is 2.38. The topological polar surface area (TPSA) is 250 Å². The Morgan fingerprint density at radius 1 is 0.625 bits per heavy atom. The Labute approximate surface area is 520 Å². The minimum Gasteiger partial charge on any atom is -0.344 e. The zero-order chi connectivity index (χ0) is 64.9. The van der Waals surface area contributed by atoms with Gasteiger partial charge in [-0.3, -0.25) is 52.7 Å². The van der Waals surface area contributed by atoms with Crippen LogP contribution < -0.4 is 16.0 Å². The fourth-order valence-corrected chi connectivity index (χ4v) is 13.6. The lowest BCUT2D eigenvalue weighted by Crippen LogP contribution is -2.64. The second kappa shape index (κ2) is 31.3. The standard InChI is InChI=1S/C62H93ClF3N11O11/c1-10-39(2)53-58(86)73(6)37-51(81)71(4)38-52(82)75(8)47(34-40-19-12-11-13-20-40)57(85)72(5)35-49(79)67-45(27-25-41-24-26-43(44(63)33-41)62(64,65)66)56(84)77-31-18-23-46(77)55(83)69-61(29-16-17-30-61)60(88)76(9)54(42-21-14-15-22-42)59(87)74(7)36-50(80)70(3)32-28-48(78)68-53/h24,26,33,39-40,42,45-47,53-54H,10-23,25,27-32,34-38H2,1-9H3,(H,67,79)(H,68,78)(H,69,83)/t39-,45-,46?,47-,53-,54-/m0/s1. The third kappa shape index (κ3) is 17.9. The van der Waals surface area contributed by atoms with Crippen molar-refractivity contribution in [3.8, 4) is 0 Å². The third-order valence-corrected chi connectivity index (χ3v) is 19.3. The first kappa shape index (κ1) is 70.6. The number of nitrogens with zero attached hydrogens (tertiary/aromatic N) is 8. The number of hydrogen-bond donors (Lipinski definition) is 3. The minimum atomic E-state index is -4.74. The van der Waals surface area contributed by atoms with Crippen LogP contribution in [-0.4, -0.2) is 229 Å². The van der Waals surface area contributed by atoms with Gasteiger partial charge in [0.2, 0.25) is 65.0 Å². The second-order valence-corrected chi connectivity index (χ2v) is 25.8. The smallest absolute Gasteiger partial charge is 0.344 e. The summed E-state index contributed by atoms with van der Waals surface area (Å²) in [7, 11) is 10.1. The number of carbonyl (C=O) groups excluding carboxylic acids is 11. The summed E-state index contributed by atoms with van der Waals surface area (Å²) in [4.78, 5) is 168. The zero-order valence-electron chi connectivity index (χ0n) is 52.8. The summed E-state index contributed by atoms with van der Waals surface area (Å²) in [5.41, 5.74) is -2.22. The molecule has 5 aliphatic rings. The van der Waals surface area contributed by atoms with E-state index in [9.17, 15) is 56.3 Å². The second-order valence-electron chi connectivity index (χ2n) is 25.4. The van der Waals surface area contributed by atoms with Crippen molar-refractivity contribution < 1.29 is 65.9 Å². The maximum absolute atomic E-state index is 15.2. The molecule has 11 amide bonds. The van der Waals surface area contributed by atoms with Crippen molar-refractivity contribution in [2.75, 3.05) is 88.6 Å². The fraction of sp³-hybridized carbons (Fsp3) is 0.726. The molecule has 88 heavy (non-hydrogen) atoms. The summed E-state index contributed by atoms with van der Waals surface area (Å²) in [6.07, 6.45) is 4.93. The Kier molecular flexibility index (Phi) is 25.1. The Bertz CT molecular complexity index is 2720. The molecule has 1 aromatic carbocycles. The van der Waals surface area contributed by atoms with Crippen molar-refractivity contribution in [1.82, 2.24) is 55.1 Å². The molecule has 26 heteroatoms. The Morgan fingerprint density at radius 3 is 1.83 bits per heavy atom. The van der Waals surface area contributed by atoms with Gasteiger partial charge in [0.05, 0.1) is 36.8 Å². The molecule has 490 valence electrons. The molecule has 2 aliphatic heterocycles. The van der Waals surface area contributed by atoms with Crippen LogP contribution in [0.3, 0.4) is 0 Å². The Morgan fingerprint density at radius 2 is 1.22 bits per heavy atom. The molecule has 2 saturated heterocycles. The van der Waals surface area contributed by atoms with Crippen LogP contribution in [0.4, 0.5) is 13.2 Å². The molecule has 1 unspecified atom stereocenters. The number of fused-ring (bicyclic) bond motifs is 1. The van der Waals surface area contributed by atoms with Crippen LogP contribution in [0.1, 0.15) is 147 Å². The maximum Gasteiger partial charge on any atom is 0.417 e. The van der Waals surface area contributed by atoms with Crippen molar-refractivity contribution in [2.45, 2.75) is 184 Å². The van der Waals surface area contributed by atoms with Crippen LogP contribution in [0, 0.1) is 17.8 Å². The van der Waals surface area contributed by atoms with E-state index in [1.807, 2.05) is 6.92 Å². The van der Waals surface area contributed by atoms with Gasteiger partial charge in [-0.2, -0.15) is 13.2 Å². The number of rotatable bonds is 8. The SMILES string of the molecule is CC[C@H](C)[C@@H]1NC(=O)CCN(C)C(=O)CN(C)C(=O)[C@H](C2CCCC2)N(C)C(=O)C2(CCCC2)NC(=O)C2CCCN2C(=O)[C@H](CCc2ccc(C(F)(F)F)c(Cl)c2)NC(=O)CN(C)C(=O)[C@H](CC2CCCCC2)N(C)C(=O)CN(C)C(=O)CN(C)C1=O. The van der Waals surface area contributed by atoms with E-state index in [0.29, 0.717) is 44.1 Å². The van der Waals surface area contributed by atoms with Crippen LogP contribution in [-0.2, 0) is 65.3 Å². The molecular weight excluding hydrogens is 1170 g/mol. The average molecular weight is 1260 g/mol. The monoisotopic (exact) mass is 1260 g/mol. The molecular formula is C62H93ClF3N11O11. The number of alkyl halides is 3. The Hall–Kier alpha value is -6.53. The predicted molar refractivity (Wildman–Crippen MR) is 321 cm³/mol. The van der Waals surface area contributed by atoms with Gasteiger partial charge in [-0.15, -0.1) is 0 Å². The normalized spacial score (nSPS) is 26.1. The summed E-state index contributed by atoms with van der Waals surface area (Å²) in [5, 5.41) is 8.01. The molecule has 0 bridgehead atoms. The summed E-state index contributed by atoms with van der Waals surface area (Å²) < 4.78 is 41.3. The molecule has 6 rings (SSSR count). The van der Waals surface area contributed by atoms with E-state index >= 15 is 9.59 Å². The summed E-state index contributed by atoms with van der Waals surface area (Å²) in [5.74, 6) is -7.17. The minimum absolute atomic E-state index is 0.0429. The van der Waals surface area contributed by atoms with Crippen molar-refractivity contribution in [3.63, 3.8) is 0 Å². The molecule has 3 aliphatic carbocycles. The first-order chi connectivity index (χ1) is 41.5. The van der Waals surface area contributed by atoms with Gasteiger partial charge in [-0.1, -0.05) is 95.7 Å². The maximum atomic E-state index is 15.2. The van der Waals surface area contributed by atoms with Gasteiger partial charge in [0.1, 0.15) is 35.7 Å². The molecule has 5 fully saturated rings. The van der Waals surface area contributed by atoms with E-state index in [1.165, 1.54) is 79.9 Å². The number of benzene rings is 1. The van der Waals surface area contributed by atoms with Crippen molar-refractivity contribution >= 4 is 76.6 Å². The van der Waals surface area contributed by atoms with Crippen LogP contribution in [0.15, 0.2) is 18.2 Å². The van der Waals surface area contributed by atoms with E-state index in [0.717, 1.165) is 71.8 Å². The van der Waals surface area contributed by atoms with Gasteiger partial charge >= 0.3 is 6.18 Å². The van der Waals surface area contributed by atoms with Crippen LogP contribution in [0.5, 0.6) is 0 Å². The number of hydrogen-bond acceptors (Lipinski definition) is 11. The molecule has 2 heterocycles. The lowest BCUT2D eigenvalue weighted by Gasteiger charge is -2.40. The summed E-state index contributed by atoms with van der Waals surface area (Å²) in [6, 6.07) is -2.52. The van der Waals surface area contributed by atoms with E-state index < -0.39 is 144 Å². The van der Waals surface area contributed by atoms with E-state index in [4.69, 9.17) is 11.6 Å². The highest BCUT2D eigenvalue weighted by atomic mass is 35.5. The largest absolute Gasteiger partial charge is 0.417 e. The quantitative estimate of drug-likeness (QED) is 0.332. The summed E-state index contributed by atoms with van der Waals surface area (Å²) in [6.45, 7) is 1.64. The lowest BCUT2D eigenvalue weighted by atomic mass is 9.84. The molecule has 3 N–H and O–H groups in total. The number of likely N-dealkylation sites (N-methyl/N-ethyl adjacent to an activating group) is 7.